The minimum Gasteiger partial charge on any atom is -0.336 e. The van der Waals surface area contributed by atoms with E-state index in [1.54, 1.807) is 24.3 Å². The first kappa shape index (κ1) is 28.4. The zero-order valence-corrected chi connectivity index (χ0v) is 21.3. The fourth-order valence-electron chi connectivity index (χ4n) is 3.23. The van der Waals surface area contributed by atoms with Crippen LogP contribution in [0, 0.1) is 0 Å². The second-order valence-corrected chi connectivity index (χ2v) is 9.12. The number of urea groups is 2. The first-order chi connectivity index (χ1) is 16.5. The number of hydrogen-bond acceptors (Lipinski definition) is 3. The average molecular weight is 558 g/mol. The van der Waals surface area contributed by atoms with Crippen molar-refractivity contribution in [3.8, 4) is 0 Å². The molecule has 0 spiro atoms. The molecule has 0 saturated carbocycles. The van der Waals surface area contributed by atoms with E-state index in [9.17, 15) is 22.8 Å². The van der Waals surface area contributed by atoms with Crippen molar-refractivity contribution >= 4 is 39.4 Å². The molecular formula is C24H31BrF3N5O2. The molecule has 0 bridgehead atoms. The summed E-state index contributed by atoms with van der Waals surface area (Å²) in [5.41, 5.74) is 5.98. The van der Waals surface area contributed by atoms with Crippen LogP contribution < -0.4 is 21.7 Å². The summed E-state index contributed by atoms with van der Waals surface area (Å²) < 4.78 is 39.3. The number of carbonyl (C=O) groups excluding carboxylic acids is 2. The molecule has 2 aromatic rings. The standard InChI is InChI=1S/C24H31BrF3N5O2/c1-3-23(29,4-2)13-15-33(16-14-30-21(34)31-19-11-7-18(25)8-12-19)22(35)32-20-9-5-17(6-10-20)24(26,27)28/h5-12H,3-4,13-16,29H2,1-2H3,(H,32,35)(H2,30,31,34). The Balaban J connectivity index is 1.99. The lowest BCUT2D eigenvalue weighted by Gasteiger charge is -2.31. The molecule has 0 fully saturated rings. The second kappa shape index (κ2) is 12.8. The van der Waals surface area contributed by atoms with Crippen molar-refractivity contribution in [2.45, 2.75) is 44.8 Å². The van der Waals surface area contributed by atoms with E-state index in [1.165, 1.54) is 17.0 Å². The average Bonchev–Trinajstić information content (AvgIpc) is 2.82. The topological polar surface area (TPSA) is 99.5 Å². The SMILES string of the molecule is CCC(N)(CC)CCN(CCNC(=O)Nc1ccc(Br)cc1)C(=O)Nc1ccc(C(F)(F)F)cc1. The third-order valence-electron chi connectivity index (χ3n) is 5.81. The molecule has 0 unspecified atom stereocenters. The summed E-state index contributed by atoms with van der Waals surface area (Å²) in [6.07, 6.45) is -2.47. The number of nitrogens with one attached hydrogen (secondary N) is 3. The fraction of sp³-hybridized carbons (Fsp3) is 0.417. The van der Waals surface area contributed by atoms with Crippen LogP contribution >= 0.6 is 15.9 Å². The fourth-order valence-corrected chi connectivity index (χ4v) is 3.50. The molecule has 0 aliphatic carbocycles. The molecule has 0 aliphatic rings. The number of nitrogens with zero attached hydrogens (tertiary/aromatic N) is 1. The number of alkyl halides is 3. The molecule has 2 aromatic carbocycles. The van der Waals surface area contributed by atoms with Gasteiger partial charge in [0.15, 0.2) is 0 Å². The lowest BCUT2D eigenvalue weighted by Crippen LogP contribution is -2.46. The van der Waals surface area contributed by atoms with Crippen LogP contribution in [-0.2, 0) is 6.18 Å². The maximum atomic E-state index is 12.9. The van der Waals surface area contributed by atoms with Crippen molar-refractivity contribution in [3.05, 3.63) is 58.6 Å². The van der Waals surface area contributed by atoms with Crippen LogP contribution in [0.1, 0.15) is 38.7 Å². The summed E-state index contributed by atoms with van der Waals surface area (Å²) in [7, 11) is 0. The molecule has 35 heavy (non-hydrogen) atoms. The van der Waals surface area contributed by atoms with E-state index in [4.69, 9.17) is 5.73 Å². The molecular weight excluding hydrogens is 527 g/mol. The van der Waals surface area contributed by atoms with Crippen molar-refractivity contribution in [2.24, 2.45) is 5.73 Å². The van der Waals surface area contributed by atoms with Crippen LogP contribution in [0.4, 0.5) is 34.1 Å². The number of carbonyl (C=O) groups is 2. The van der Waals surface area contributed by atoms with Crippen LogP contribution in [-0.4, -0.2) is 42.1 Å². The van der Waals surface area contributed by atoms with Crippen LogP contribution in [0.5, 0.6) is 0 Å². The third-order valence-corrected chi connectivity index (χ3v) is 6.34. The van der Waals surface area contributed by atoms with E-state index < -0.39 is 29.3 Å². The highest BCUT2D eigenvalue weighted by molar-refractivity contribution is 9.10. The highest BCUT2D eigenvalue weighted by Crippen LogP contribution is 2.30. The van der Waals surface area contributed by atoms with Crippen molar-refractivity contribution in [1.29, 1.82) is 0 Å². The Morgan fingerprint density at radius 1 is 0.914 bits per heavy atom. The van der Waals surface area contributed by atoms with Crippen LogP contribution in [0.3, 0.4) is 0 Å². The first-order valence-electron chi connectivity index (χ1n) is 11.3. The smallest absolute Gasteiger partial charge is 0.336 e. The summed E-state index contributed by atoms with van der Waals surface area (Å²) in [6.45, 7) is 4.62. The van der Waals surface area contributed by atoms with Crippen LogP contribution in [0.25, 0.3) is 0 Å². The van der Waals surface area contributed by atoms with Gasteiger partial charge in [-0.25, -0.2) is 9.59 Å². The highest BCUT2D eigenvalue weighted by Gasteiger charge is 2.30. The largest absolute Gasteiger partial charge is 0.416 e. The number of benzene rings is 2. The number of rotatable bonds is 10. The van der Waals surface area contributed by atoms with E-state index in [0.29, 0.717) is 18.7 Å². The molecule has 0 atom stereocenters. The van der Waals surface area contributed by atoms with Crippen LogP contribution in [0.15, 0.2) is 53.0 Å². The van der Waals surface area contributed by atoms with E-state index in [0.717, 1.165) is 29.4 Å². The summed E-state index contributed by atoms with van der Waals surface area (Å²) in [4.78, 5) is 26.6. The Kier molecular flexibility index (Phi) is 10.4. The Morgan fingerprint density at radius 3 is 2.00 bits per heavy atom. The zero-order valence-electron chi connectivity index (χ0n) is 19.7. The molecule has 5 N–H and O–H groups in total. The lowest BCUT2D eigenvalue weighted by molar-refractivity contribution is -0.137. The van der Waals surface area contributed by atoms with Gasteiger partial charge >= 0.3 is 18.2 Å². The zero-order chi connectivity index (χ0) is 26.1. The molecule has 11 heteroatoms. The van der Waals surface area contributed by atoms with Crippen molar-refractivity contribution < 1.29 is 22.8 Å². The van der Waals surface area contributed by atoms with Gasteiger partial charge in [0.25, 0.3) is 0 Å². The van der Waals surface area contributed by atoms with Crippen LogP contribution in [0.2, 0.25) is 0 Å². The first-order valence-corrected chi connectivity index (χ1v) is 12.1. The van der Waals surface area contributed by atoms with Gasteiger partial charge in [-0.05, 0) is 67.8 Å². The van der Waals surface area contributed by atoms with E-state index in [1.807, 2.05) is 13.8 Å². The van der Waals surface area contributed by atoms with E-state index >= 15 is 0 Å². The van der Waals surface area contributed by atoms with Crippen molar-refractivity contribution in [2.75, 3.05) is 30.3 Å². The van der Waals surface area contributed by atoms with Gasteiger partial charge in [0.05, 0.1) is 5.56 Å². The Hall–Kier alpha value is -2.79. The summed E-state index contributed by atoms with van der Waals surface area (Å²) >= 11 is 3.33. The Labute approximate surface area is 211 Å². The minimum atomic E-state index is -4.46. The van der Waals surface area contributed by atoms with Crippen molar-refractivity contribution in [3.63, 3.8) is 0 Å². The summed E-state index contributed by atoms with van der Waals surface area (Å²) in [5, 5.41) is 8.03. The van der Waals surface area contributed by atoms with Gasteiger partial charge in [-0.1, -0.05) is 29.8 Å². The number of halogens is 4. The normalized spacial score (nSPS) is 11.6. The quantitative estimate of drug-likeness (QED) is 0.287. The third kappa shape index (κ3) is 9.41. The Bertz CT molecular complexity index is 965. The maximum Gasteiger partial charge on any atom is 0.416 e. The van der Waals surface area contributed by atoms with Gasteiger partial charge in [0.1, 0.15) is 0 Å². The molecule has 4 amide bonds. The molecule has 0 saturated heterocycles. The van der Waals surface area contributed by atoms with Gasteiger partial charge in [-0.2, -0.15) is 13.2 Å². The molecule has 192 valence electrons. The van der Waals surface area contributed by atoms with E-state index in [2.05, 4.69) is 31.9 Å². The number of nitrogens with two attached hydrogens (primary N) is 1. The van der Waals surface area contributed by atoms with E-state index in [-0.39, 0.29) is 18.8 Å². The van der Waals surface area contributed by atoms with Gasteiger partial charge in [0, 0.05) is 41.0 Å². The number of amides is 4. The van der Waals surface area contributed by atoms with Gasteiger partial charge in [0.2, 0.25) is 0 Å². The monoisotopic (exact) mass is 557 g/mol. The lowest BCUT2D eigenvalue weighted by atomic mass is 9.90. The maximum absolute atomic E-state index is 12.9. The van der Waals surface area contributed by atoms with Gasteiger partial charge < -0.3 is 26.6 Å². The molecule has 0 radical (unpaired) electrons. The number of anilines is 2. The predicted octanol–water partition coefficient (Wildman–Crippen LogP) is 6.03. The molecule has 0 heterocycles. The molecule has 2 rings (SSSR count). The van der Waals surface area contributed by atoms with Gasteiger partial charge in [-0.15, -0.1) is 0 Å². The Morgan fingerprint density at radius 2 is 1.46 bits per heavy atom. The highest BCUT2D eigenvalue weighted by atomic mass is 79.9. The minimum absolute atomic E-state index is 0.165. The second-order valence-electron chi connectivity index (χ2n) is 8.20. The number of hydrogen-bond donors (Lipinski definition) is 4. The van der Waals surface area contributed by atoms with Crippen molar-refractivity contribution in [1.82, 2.24) is 10.2 Å². The molecule has 0 aromatic heterocycles. The van der Waals surface area contributed by atoms with Gasteiger partial charge in [-0.3, -0.25) is 0 Å². The molecule has 0 aliphatic heterocycles. The summed E-state index contributed by atoms with van der Waals surface area (Å²) in [5.74, 6) is 0. The molecule has 7 nitrogen and oxygen atoms in total. The summed E-state index contributed by atoms with van der Waals surface area (Å²) in [6, 6.07) is 10.4. The predicted molar refractivity (Wildman–Crippen MR) is 135 cm³/mol.